The van der Waals surface area contributed by atoms with E-state index in [4.69, 9.17) is 9.47 Å². The highest BCUT2D eigenvalue weighted by Crippen LogP contribution is 2.30. The molecule has 1 unspecified atom stereocenters. The van der Waals surface area contributed by atoms with Crippen LogP contribution in [0.5, 0.6) is 5.75 Å². The van der Waals surface area contributed by atoms with E-state index in [1.54, 1.807) is 20.2 Å². The van der Waals surface area contributed by atoms with Gasteiger partial charge in [0.1, 0.15) is 11.6 Å². The van der Waals surface area contributed by atoms with Gasteiger partial charge in [0.15, 0.2) is 5.96 Å². The van der Waals surface area contributed by atoms with Crippen LogP contribution in [0.1, 0.15) is 12.0 Å². The second-order valence-corrected chi connectivity index (χ2v) is 8.06. The number of nitrogens with zero attached hydrogens (tertiary/aromatic N) is 3. The number of hydrogen-bond donors (Lipinski definition) is 2. The van der Waals surface area contributed by atoms with Gasteiger partial charge in [0, 0.05) is 45.8 Å². The van der Waals surface area contributed by atoms with E-state index in [0.717, 1.165) is 55.6 Å². The third-order valence-electron chi connectivity index (χ3n) is 6.00. The van der Waals surface area contributed by atoms with Gasteiger partial charge in [-0.25, -0.2) is 4.39 Å². The maximum atomic E-state index is 14.7. The second-order valence-electron chi connectivity index (χ2n) is 8.06. The zero-order valence-electron chi connectivity index (χ0n) is 18.8. The van der Waals surface area contributed by atoms with Crippen molar-refractivity contribution >= 4 is 17.3 Å². The standard InChI is InChI=1S/C24H32FN5O2/c1-26-24(28-19-9-10-30(17-19)22-5-3-4-6-23(22)31-2)27-16-18-7-8-21(20(25)15-18)29-11-13-32-14-12-29/h3-8,15,19H,9-14,16-17H2,1-2H3,(H2,26,27,28). The molecule has 0 saturated carbocycles. The number of morpholine rings is 1. The number of guanidine groups is 1. The molecule has 0 radical (unpaired) electrons. The first-order chi connectivity index (χ1) is 15.7. The molecule has 2 heterocycles. The van der Waals surface area contributed by atoms with Crippen molar-refractivity contribution in [1.82, 2.24) is 10.6 Å². The van der Waals surface area contributed by atoms with E-state index in [2.05, 4.69) is 26.6 Å². The SMILES string of the molecule is CN=C(NCc1ccc(N2CCOCC2)c(F)c1)NC1CCN(c2ccccc2OC)C1. The monoisotopic (exact) mass is 441 g/mol. The molecule has 2 fully saturated rings. The van der Waals surface area contributed by atoms with Crippen LogP contribution in [0.15, 0.2) is 47.5 Å². The summed E-state index contributed by atoms with van der Waals surface area (Å²) in [5, 5.41) is 6.80. The summed E-state index contributed by atoms with van der Waals surface area (Å²) in [6, 6.07) is 13.8. The fourth-order valence-electron chi connectivity index (χ4n) is 4.28. The van der Waals surface area contributed by atoms with E-state index in [1.165, 1.54) is 0 Å². The average molecular weight is 442 g/mol. The lowest BCUT2D eigenvalue weighted by Gasteiger charge is -2.29. The number of aliphatic imine (C=N–C) groups is 1. The molecule has 8 heteroatoms. The van der Waals surface area contributed by atoms with Crippen molar-refractivity contribution in [2.75, 3.05) is 63.4 Å². The highest BCUT2D eigenvalue weighted by molar-refractivity contribution is 5.80. The molecule has 0 aromatic heterocycles. The van der Waals surface area contributed by atoms with Crippen molar-refractivity contribution in [3.63, 3.8) is 0 Å². The van der Waals surface area contributed by atoms with E-state index in [1.807, 2.05) is 35.2 Å². The number of nitrogens with one attached hydrogen (secondary N) is 2. The van der Waals surface area contributed by atoms with Crippen molar-refractivity contribution in [2.24, 2.45) is 4.99 Å². The minimum Gasteiger partial charge on any atom is -0.495 e. The van der Waals surface area contributed by atoms with Crippen LogP contribution in [0.25, 0.3) is 0 Å². The normalized spacial score (nSPS) is 19.2. The molecular formula is C24H32FN5O2. The molecule has 172 valence electrons. The Kier molecular flexibility index (Phi) is 7.32. The van der Waals surface area contributed by atoms with Crippen LogP contribution >= 0.6 is 0 Å². The number of halogens is 1. The smallest absolute Gasteiger partial charge is 0.191 e. The van der Waals surface area contributed by atoms with E-state index < -0.39 is 0 Å². The third-order valence-corrected chi connectivity index (χ3v) is 6.00. The molecule has 0 amide bonds. The molecule has 7 nitrogen and oxygen atoms in total. The molecule has 1 atom stereocenters. The molecular weight excluding hydrogens is 409 g/mol. The Morgan fingerprint density at radius 3 is 2.69 bits per heavy atom. The Labute approximate surface area is 189 Å². The zero-order valence-corrected chi connectivity index (χ0v) is 18.8. The van der Waals surface area contributed by atoms with Crippen molar-refractivity contribution in [1.29, 1.82) is 0 Å². The molecule has 2 N–H and O–H groups in total. The molecule has 0 spiro atoms. The minimum absolute atomic E-state index is 0.197. The Balaban J connectivity index is 1.30. The first kappa shape index (κ1) is 22.2. The van der Waals surface area contributed by atoms with Gasteiger partial charge in [0.2, 0.25) is 0 Å². The van der Waals surface area contributed by atoms with Crippen molar-refractivity contribution < 1.29 is 13.9 Å². The molecule has 32 heavy (non-hydrogen) atoms. The summed E-state index contributed by atoms with van der Waals surface area (Å²) in [4.78, 5) is 8.70. The molecule has 2 aliphatic rings. The second kappa shape index (κ2) is 10.5. The molecule has 2 aliphatic heterocycles. The summed E-state index contributed by atoms with van der Waals surface area (Å²) in [7, 11) is 3.46. The van der Waals surface area contributed by atoms with E-state index in [9.17, 15) is 4.39 Å². The highest BCUT2D eigenvalue weighted by Gasteiger charge is 2.25. The predicted octanol–water partition coefficient (Wildman–Crippen LogP) is 2.61. The van der Waals surface area contributed by atoms with Gasteiger partial charge in [-0.05, 0) is 36.2 Å². The topological polar surface area (TPSA) is 61.4 Å². The van der Waals surface area contributed by atoms with Gasteiger partial charge in [-0.2, -0.15) is 0 Å². The number of benzene rings is 2. The summed E-state index contributed by atoms with van der Waals surface area (Å²) in [6.07, 6.45) is 1.00. The number of rotatable bonds is 6. The van der Waals surface area contributed by atoms with Gasteiger partial charge in [0.25, 0.3) is 0 Å². The average Bonchev–Trinajstić information content (AvgIpc) is 3.30. The Bertz CT molecular complexity index is 932. The number of para-hydroxylation sites is 2. The van der Waals surface area contributed by atoms with Crippen molar-refractivity contribution in [3.8, 4) is 5.75 Å². The van der Waals surface area contributed by atoms with Crippen LogP contribution in [0, 0.1) is 5.82 Å². The Hall–Kier alpha value is -3.00. The Morgan fingerprint density at radius 2 is 1.94 bits per heavy atom. The lowest BCUT2D eigenvalue weighted by Crippen LogP contribution is -2.44. The number of ether oxygens (including phenoxy) is 2. The summed E-state index contributed by atoms with van der Waals surface area (Å²) < 4.78 is 25.5. The van der Waals surface area contributed by atoms with Crippen LogP contribution in [0.2, 0.25) is 0 Å². The molecule has 4 rings (SSSR count). The predicted molar refractivity (Wildman–Crippen MR) is 126 cm³/mol. The summed E-state index contributed by atoms with van der Waals surface area (Å²) in [6.45, 7) is 5.04. The van der Waals surface area contributed by atoms with Gasteiger partial charge >= 0.3 is 0 Å². The zero-order chi connectivity index (χ0) is 22.3. The van der Waals surface area contributed by atoms with Crippen LogP contribution in [0.4, 0.5) is 15.8 Å². The first-order valence-electron chi connectivity index (χ1n) is 11.1. The number of methoxy groups -OCH3 is 1. The minimum atomic E-state index is -0.197. The summed E-state index contributed by atoms with van der Waals surface area (Å²) in [5.74, 6) is 1.41. The number of anilines is 2. The van der Waals surface area contributed by atoms with Crippen molar-refractivity contribution in [3.05, 3.63) is 53.8 Å². The highest BCUT2D eigenvalue weighted by atomic mass is 19.1. The van der Waals surface area contributed by atoms with Crippen LogP contribution in [-0.4, -0.2) is 65.6 Å². The van der Waals surface area contributed by atoms with Gasteiger partial charge < -0.3 is 29.9 Å². The molecule has 2 aromatic carbocycles. The lowest BCUT2D eigenvalue weighted by molar-refractivity contribution is 0.122. The van der Waals surface area contributed by atoms with Crippen LogP contribution < -0.4 is 25.2 Å². The summed E-state index contributed by atoms with van der Waals surface area (Å²) in [5.41, 5.74) is 2.63. The largest absolute Gasteiger partial charge is 0.495 e. The maximum Gasteiger partial charge on any atom is 0.191 e. The molecule has 2 saturated heterocycles. The van der Waals surface area contributed by atoms with Crippen molar-refractivity contribution in [2.45, 2.75) is 19.0 Å². The van der Waals surface area contributed by atoms with E-state index in [-0.39, 0.29) is 11.9 Å². The Morgan fingerprint density at radius 1 is 1.12 bits per heavy atom. The van der Waals surface area contributed by atoms with Gasteiger partial charge in [0.05, 0.1) is 31.7 Å². The van der Waals surface area contributed by atoms with Gasteiger partial charge in [-0.1, -0.05) is 18.2 Å². The quantitative estimate of drug-likeness (QED) is 0.531. The number of hydrogen-bond acceptors (Lipinski definition) is 5. The molecule has 0 aliphatic carbocycles. The first-order valence-corrected chi connectivity index (χ1v) is 11.1. The molecule has 2 aromatic rings. The fourth-order valence-corrected chi connectivity index (χ4v) is 4.28. The van der Waals surface area contributed by atoms with E-state index in [0.29, 0.717) is 25.4 Å². The van der Waals surface area contributed by atoms with Crippen LogP contribution in [0.3, 0.4) is 0 Å². The third kappa shape index (κ3) is 5.24. The molecule has 0 bridgehead atoms. The summed E-state index contributed by atoms with van der Waals surface area (Å²) >= 11 is 0. The lowest BCUT2D eigenvalue weighted by atomic mass is 10.1. The van der Waals surface area contributed by atoms with Gasteiger partial charge in [-0.3, -0.25) is 4.99 Å². The van der Waals surface area contributed by atoms with Crippen LogP contribution in [-0.2, 0) is 11.3 Å². The fraction of sp³-hybridized carbons (Fsp3) is 0.458. The van der Waals surface area contributed by atoms with Gasteiger partial charge in [-0.15, -0.1) is 0 Å². The maximum absolute atomic E-state index is 14.7. The van der Waals surface area contributed by atoms with E-state index >= 15 is 0 Å².